The van der Waals surface area contributed by atoms with Crippen molar-refractivity contribution < 1.29 is 14.3 Å². The van der Waals surface area contributed by atoms with E-state index in [1.165, 1.54) is 5.56 Å². The molecule has 1 aliphatic rings. The normalized spacial score (nSPS) is 13.5. The predicted molar refractivity (Wildman–Crippen MR) is 147 cm³/mol. The number of pyridine rings is 1. The minimum Gasteiger partial charge on any atom is -0.378 e. The number of morpholine rings is 1. The second-order valence-corrected chi connectivity index (χ2v) is 9.13. The van der Waals surface area contributed by atoms with Gasteiger partial charge in [0.05, 0.1) is 30.7 Å². The van der Waals surface area contributed by atoms with E-state index in [9.17, 15) is 9.59 Å². The topological polar surface area (TPSA) is 86.8 Å². The zero-order valence-corrected chi connectivity index (χ0v) is 21.8. The Hall–Kier alpha value is -3.75. The Labute approximate surface area is 218 Å². The third-order valence-corrected chi connectivity index (χ3v) is 6.62. The smallest absolute Gasteiger partial charge is 0.257 e. The summed E-state index contributed by atoms with van der Waals surface area (Å²) in [6.07, 6.45) is 3.32. The number of aromatic nitrogens is 1. The van der Waals surface area contributed by atoms with Crippen LogP contribution in [0.1, 0.15) is 45.7 Å². The van der Waals surface area contributed by atoms with Crippen molar-refractivity contribution in [3.05, 3.63) is 83.2 Å². The quantitative estimate of drug-likeness (QED) is 0.447. The molecule has 0 aliphatic carbocycles. The van der Waals surface area contributed by atoms with Crippen LogP contribution >= 0.6 is 0 Å². The number of benzene rings is 2. The molecule has 1 aliphatic heterocycles. The molecule has 1 saturated heterocycles. The second-order valence-electron chi connectivity index (χ2n) is 9.13. The van der Waals surface area contributed by atoms with Crippen LogP contribution in [0.4, 0.5) is 17.1 Å². The van der Waals surface area contributed by atoms with Gasteiger partial charge in [-0.2, -0.15) is 0 Å². The number of hydrogen-bond donors (Lipinski definition) is 2. The maximum atomic E-state index is 13.0. The molecule has 2 heterocycles. The molecule has 1 fully saturated rings. The van der Waals surface area contributed by atoms with E-state index in [4.69, 9.17) is 4.74 Å². The van der Waals surface area contributed by atoms with Gasteiger partial charge < -0.3 is 20.3 Å². The number of nitrogens with one attached hydrogen (secondary N) is 2. The molecule has 2 amide bonds. The first-order valence-corrected chi connectivity index (χ1v) is 12.8. The minimum atomic E-state index is -0.257. The summed E-state index contributed by atoms with van der Waals surface area (Å²) < 4.78 is 5.41. The average Bonchev–Trinajstić information content (AvgIpc) is 2.94. The van der Waals surface area contributed by atoms with Crippen molar-refractivity contribution in [1.29, 1.82) is 0 Å². The standard InChI is InChI=1S/C29H35N5O3/c1-4-33(5-2)20-22-7-9-23(10-8-22)28(35)32-27-17-25(11-6-21(27)3)31-29(36)24-16-26(19-30-18-24)34-12-14-37-15-13-34/h6-11,16-19H,4-5,12-15,20H2,1-3H3,(H,31,36)(H,32,35). The van der Waals surface area contributed by atoms with Crippen LogP contribution in [0.2, 0.25) is 0 Å². The third kappa shape index (κ3) is 6.93. The van der Waals surface area contributed by atoms with Gasteiger partial charge in [0.1, 0.15) is 0 Å². The molecule has 194 valence electrons. The largest absolute Gasteiger partial charge is 0.378 e. The van der Waals surface area contributed by atoms with Gasteiger partial charge >= 0.3 is 0 Å². The Morgan fingerprint density at radius 3 is 2.32 bits per heavy atom. The second kappa shape index (κ2) is 12.5. The van der Waals surface area contributed by atoms with Gasteiger partial charge in [-0.15, -0.1) is 0 Å². The lowest BCUT2D eigenvalue weighted by Gasteiger charge is -2.28. The molecular formula is C29H35N5O3. The van der Waals surface area contributed by atoms with E-state index in [2.05, 4.69) is 39.3 Å². The van der Waals surface area contributed by atoms with E-state index in [1.54, 1.807) is 18.5 Å². The summed E-state index contributed by atoms with van der Waals surface area (Å²) in [5, 5.41) is 5.91. The molecule has 0 radical (unpaired) electrons. The number of amides is 2. The molecule has 3 aromatic rings. The molecule has 0 saturated carbocycles. The van der Waals surface area contributed by atoms with E-state index in [0.29, 0.717) is 35.7 Å². The Balaban J connectivity index is 1.41. The van der Waals surface area contributed by atoms with Crippen LogP contribution in [-0.4, -0.2) is 61.1 Å². The lowest BCUT2D eigenvalue weighted by molar-refractivity contribution is 0.101. The maximum Gasteiger partial charge on any atom is 0.257 e. The molecule has 2 N–H and O–H groups in total. The number of carbonyl (C=O) groups excluding carboxylic acids is 2. The number of aryl methyl sites for hydroxylation is 1. The lowest BCUT2D eigenvalue weighted by Crippen LogP contribution is -2.36. The van der Waals surface area contributed by atoms with Crippen molar-refractivity contribution in [2.45, 2.75) is 27.3 Å². The lowest BCUT2D eigenvalue weighted by atomic mass is 10.1. The Kier molecular flexibility index (Phi) is 8.87. The van der Waals surface area contributed by atoms with E-state index in [0.717, 1.165) is 44.0 Å². The van der Waals surface area contributed by atoms with Crippen LogP contribution < -0.4 is 15.5 Å². The van der Waals surface area contributed by atoms with Gasteiger partial charge in [-0.1, -0.05) is 32.0 Å². The number of ether oxygens (including phenoxy) is 1. The first-order valence-electron chi connectivity index (χ1n) is 12.8. The van der Waals surface area contributed by atoms with E-state index in [1.807, 2.05) is 49.4 Å². The fourth-order valence-corrected chi connectivity index (χ4v) is 4.25. The van der Waals surface area contributed by atoms with Crippen LogP contribution in [0.15, 0.2) is 60.9 Å². The Morgan fingerprint density at radius 2 is 1.62 bits per heavy atom. The van der Waals surface area contributed by atoms with Gasteiger partial charge in [0.25, 0.3) is 11.8 Å². The minimum absolute atomic E-state index is 0.191. The molecule has 37 heavy (non-hydrogen) atoms. The third-order valence-electron chi connectivity index (χ3n) is 6.62. The highest BCUT2D eigenvalue weighted by molar-refractivity contribution is 6.07. The van der Waals surface area contributed by atoms with Gasteiger partial charge in [0.15, 0.2) is 0 Å². The van der Waals surface area contributed by atoms with E-state index < -0.39 is 0 Å². The van der Waals surface area contributed by atoms with Crippen LogP contribution in [0.25, 0.3) is 0 Å². The highest BCUT2D eigenvalue weighted by atomic mass is 16.5. The average molecular weight is 502 g/mol. The van der Waals surface area contributed by atoms with Gasteiger partial charge in [0, 0.05) is 42.8 Å². The summed E-state index contributed by atoms with van der Waals surface area (Å²) in [5.41, 5.74) is 5.28. The number of rotatable bonds is 9. The molecule has 0 unspecified atom stereocenters. The van der Waals surface area contributed by atoms with Gasteiger partial charge in [0.2, 0.25) is 0 Å². The van der Waals surface area contributed by atoms with Crippen molar-refractivity contribution in [2.75, 3.05) is 54.9 Å². The fourth-order valence-electron chi connectivity index (χ4n) is 4.25. The zero-order chi connectivity index (χ0) is 26.2. The predicted octanol–water partition coefficient (Wildman–Crippen LogP) is 4.57. The molecule has 8 heteroatoms. The van der Waals surface area contributed by atoms with Crippen molar-refractivity contribution in [1.82, 2.24) is 9.88 Å². The van der Waals surface area contributed by atoms with Crippen molar-refractivity contribution in [3.63, 3.8) is 0 Å². The summed E-state index contributed by atoms with van der Waals surface area (Å²) >= 11 is 0. The zero-order valence-electron chi connectivity index (χ0n) is 21.8. The van der Waals surface area contributed by atoms with Gasteiger partial charge in [-0.3, -0.25) is 19.5 Å². The van der Waals surface area contributed by atoms with Crippen molar-refractivity contribution in [2.24, 2.45) is 0 Å². The highest BCUT2D eigenvalue weighted by Gasteiger charge is 2.15. The maximum absolute atomic E-state index is 13.0. The molecule has 0 atom stereocenters. The first kappa shape index (κ1) is 26.3. The molecule has 8 nitrogen and oxygen atoms in total. The Bertz CT molecular complexity index is 1220. The van der Waals surface area contributed by atoms with E-state index >= 15 is 0 Å². The van der Waals surface area contributed by atoms with Crippen LogP contribution in [0.5, 0.6) is 0 Å². The van der Waals surface area contributed by atoms with Crippen molar-refractivity contribution in [3.8, 4) is 0 Å². The fraction of sp³-hybridized carbons (Fsp3) is 0.345. The molecule has 0 bridgehead atoms. The number of carbonyl (C=O) groups is 2. The van der Waals surface area contributed by atoms with Gasteiger partial charge in [-0.05, 0) is 61.5 Å². The number of nitrogens with zero attached hydrogens (tertiary/aromatic N) is 3. The number of hydrogen-bond acceptors (Lipinski definition) is 6. The van der Waals surface area contributed by atoms with Crippen LogP contribution in [0, 0.1) is 6.92 Å². The first-order chi connectivity index (χ1) is 18.0. The number of anilines is 3. The van der Waals surface area contributed by atoms with Crippen molar-refractivity contribution >= 4 is 28.9 Å². The highest BCUT2D eigenvalue weighted by Crippen LogP contribution is 2.23. The van der Waals surface area contributed by atoms with Gasteiger partial charge in [-0.25, -0.2) is 0 Å². The molecule has 0 spiro atoms. The SMILES string of the molecule is CCN(CC)Cc1ccc(C(=O)Nc2cc(NC(=O)c3cncc(N4CCOCC4)c3)ccc2C)cc1. The van der Waals surface area contributed by atoms with E-state index in [-0.39, 0.29) is 11.8 Å². The summed E-state index contributed by atoms with van der Waals surface area (Å²) in [6, 6.07) is 15.0. The van der Waals surface area contributed by atoms with Crippen LogP contribution in [-0.2, 0) is 11.3 Å². The summed E-state index contributed by atoms with van der Waals surface area (Å²) in [7, 11) is 0. The summed E-state index contributed by atoms with van der Waals surface area (Å²) in [4.78, 5) is 34.6. The molecular weight excluding hydrogens is 466 g/mol. The summed E-state index contributed by atoms with van der Waals surface area (Å²) in [6.45, 7) is 11.9. The molecule has 2 aromatic carbocycles. The Morgan fingerprint density at radius 1 is 0.919 bits per heavy atom. The van der Waals surface area contributed by atoms with Crippen LogP contribution in [0.3, 0.4) is 0 Å². The molecule has 1 aromatic heterocycles. The summed E-state index contributed by atoms with van der Waals surface area (Å²) in [5.74, 6) is -0.448. The molecule has 4 rings (SSSR count). The monoisotopic (exact) mass is 501 g/mol.